The van der Waals surface area contributed by atoms with E-state index in [9.17, 15) is 0 Å². The maximum absolute atomic E-state index is 5.94. The Bertz CT molecular complexity index is 175. The van der Waals surface area contributed by atoms with Gasteiger partial charge in [-0.2, -0.15) is 0 Å². The van der Waals surface area contributed by atoms with E-state index >= 15 is 0 Å². The van der Waals surface area contributed by atoms with Crippen molar-refractivity contribution < 1.29 is 0 Å². The second kappa shape index (κ2) is 12.7. The van der Waals surface area contributed by atoms with Gasteiger partial charge in [-0.15, -0.1) is 34.1 Å². The Kier molecular flexibility index (Phi) is 14.0. The lowest BCUT2D eigenvalue weighted by Gasteiger charge is -2.20. The van der Waals surface area contributed by atoms with Gasteiger partial charge in [-0.3, -0.25) is 0 Å². The molecule has 5 heteroatoms. The average molecular weight is 331 g/mol. The Balaban J connectivity index is 4.00. The Morgan fingerprint density at radius 3 is 1.24 bits per heavy atom. The first-order chi connectivity index (χ1) is 8.18. The van der Waals surface area contributed by atoms with E-state index in [1.54, 1.807) is 0 Å². The van der Waals surface area contributed by atoms with Gasteiger partial charge in [-0.1, -0.05) is 51.8 Å². The molecule has 0 radical (unpaired) electrons. The maximum atomic E-state index is 5.94. The lowest BCUT2D eigenvalue weighted by molar-refractivity contribution is 0.897. The van der Waals surface area contributed by atoms with E-state index in [1.807, 2.05) is 0 Å². The van der Waals surface area contributed by atoms with Gasteiger partial charge >= 0.3 is 0 Å². The molecule has 0 N–H and O–H groups in total. The summed E-state index contributed by atoms with van der Waals surface area (Å²) in [6, 6.07) is 0. The van der Waals surface area contributed by atoms with Gasteiger partial charge in [0.05, 0.1) is 0 Å². The van der Waals surface area contributed by atoms with Crippen molar-refractivity contribution in [2.24, 2.45) is 0 Å². The van der Waals surface area contributed by atoms with E-state index in [4.69, 9.17) is 11.8 Å². The van der Waals surface area contributed by atoms with Crippen LogP contribution in [0.3, 0.4) is 0 Å². The molecule has 0 nitrogen and oxygen atoms in total. The molecule has 0 bridgehead atoms. The number of unbranched alkanes of at least 4 members (excludes halogenated alkanes) is 3. The van der Waals surface area contributed by atoms with Gasteiger partial charge in [0.15, 0.2) is 0 Å². The van der Waals surface area contributed by atoms with Crippen LogP contribution in [0.5, 0.6) is 0 Å². The van der Waals surface area contributed by atoms with Crippen molar-refractivity contribution in [1.29, 1.82) is 0 Å². The predicted molar refractivity (Wildman–Crippen MR) is 96.4 cm³/mol. The van der Waals surface area contributed by atoms with Crippen LogP contribution in [-0.2, 0) is 11.8 Å². The first kappa shape index (κ1) is 18.7. The Morgan fingerprint density at radius 1 is 0.706 bits per heavy atom. The lowest BCUT2D eigenvalue weighted by atomic mass is 10.4. The van der Waals surface area contributed by atoms with Crippen molar-refractivity contribution in [2.45, 2.75) is 59.3 Å². The largest absolute Gasteiger partial charge is 0.109 e. The molecule has 0 saturated carbocycles. The number of hydrogen-bond donors (Lipinski definition) is 0. The van der Waals surface area contributed by atoms with Crippen LogP contribution >= 0.6 is 37.8 Å². The molecule has 0 rings (SSSR count). The van der Waals surface area contributed by atoms with Crippen LogP contribution in [0.25, 0.3) is 0 Å². The number of hydrogen-bond acceptors (Lipinski definition) is 4. The molecule has 0 saturated heterocycles. The summed E-state index contributed by atoms with van der Waals surface area (Å²) in [5, 5.41) is 0. The monoisotopic (exact) mass is 330 g/mol. The molecule has 0 aliphatic rings. The summed E-state index contributed by atoms with van der Waals surface area (Å²) in [7, 11) is 0. The van der Waals surface area contributed by atoms with Crippen molar-refractivity contribution in [2.75, 3.05) is 17.3 Å². The molecule has 0 heterocycles. The second-order valence-corrected chi connectivity index (χ2v) is 20.0. The molecule has 17 heavy (non-hydrogen) atoms. The predicted octanol–water partition coefficient (Wildman–Crippen LogP) is 6.81. The van der Waals surface area contributed by atoms with Gasteiger partial charge < -0.3 is 0 Å². The first-order valence-electron chi connectivity index (χ1n) is 6.72. The summed E-state index contributed by atoms with van der Waals surface area (Å²) in [4.78, 5) is 0. The summed E-state index contributed by atoms with van der Waals surface area (Å²) >= 11 is 12.2. The van der Waals surface area contributed by atoms with E-state index < -0.39 is 3.64 Å². The lowest BCUT2D eigenvalue weighted by Crippen LogP contribution is -1.81. The van der Waals surface area contributed by atoms with Crippen molar-refractivity contribution in [1.82, 2.24) is 0 Å². The van der Waals surface area contributed by atoms with E-state index in [0.29, 0.717) is 0 Å². The molecular formula is C12H27PS4. The van der Waals surface area contributed by atoms with Crippen molar-refractivity contribution in [3.8, 4) is 0 Å². The Labute approximate surface area is 125 Å². The summed E-state index contributed by atoms with van der Waals surface area (Å²) in [5.41, 5.74) is 0. The van der Waals surface area contributed by atoms with E-state index in [2.05, 4.69) is 54.9 Å². The summed E-state index contributed by atoms with van der Waals surface area (Å²) in [5.74, 6) is 3.81. The highest BCUT2D eigenvalue weighted by molar-refractivity contribution is 9.23. The van der Waals surface area contributed by atoms with E-state index in [0.717, 1.165) is 0 Å². The number of rotatable bonds is 12. The van der Waals surface area contributed by atoms with Crippen molar-refractivity contribution in [3.05, 3.63) is 0 Å². The molecule has 0 unspecified atom stereocenters. The van der Waals surface area contributed by atoms with Crippen LogP contribution in [0, 0.1) is 0 Å². The Morgan fingerprint density at radius 2 is 1.00 bits per heavy atom. The van der Waals surface area contributed by atoms with Gasteiger partial charge in [-0.25, -0.2) is 0 Å². The van der Waals surface area contributed by atoms with Gasteiger partial charge in [0, 0.05) is 0 Å². The second-order valence-electron chi connectivity index (χ2n) is 4.01. The Hall–Kier alpha value is 1.70. The smallest absolute Gasteiger partial charge is 0.104 e. The fraction of sp³-hybridized carbons (Fsp3) is 1.00. The van der Waals surface area contributed by atoms with Gasteiger partial charge in [0.2, 0.25) is 0 Å². The molecule has 104 valence electrons. The van der Waals surface area contributed by atoms with Crippen LogP contribution in [-0.4, -0.2) is 17.3 Å². The van der Waals surface area contributed by atoms with Gasteiger partial charge in [-0.05, 0) is 36.5 Å². The van der Waals surface area contributed by atoms with Crippen molar-refractivity contribution in [3.63, 3.8) is 0 Å². The maximum Gasteiger partial charge on any atom is 0.109 e. The summed E-state index contributed by atoms with van der Waals surface area (Å²) < 4.78 is -1.23. The highest BCUT2D eigenvalue weighted by Crippen LogP contribution is 2.78. The first-order valence-corrected chi connectivity index (χ1v) is 14.3. The molecule has 0 aliphatic carbocycles. The zero-order valence-electron chi connectivity index (χ0n) is 11.4. The fourth-order valence-electron chi connectivity index (χ4n) is 1.07. The third-order valence-electron chi connectivity index (χ3n) is 2.24. The molecule has 0 aliphatic heterocycles. The zero-order valence-corrected chi connectivity index (χ0v) is 15.6. The summed E-state index contributed by atoms with van der Waals surface area (Å²) in [6.45, 7) is 6.79. The normalized spacial score (nSPS) is 11.9. The quantitative estimate of drug-likeness (QED) is 0.284. The summed E-state index contributed by atoms with van der Waals surface area (Å²) in [6.07, 6.45) is 7.86. The van der Waals surface area contributed by atoms with Crippen LogP contribution < -0.4 is 0 Å². The fourth-order valence-corrected chi connectivity index (χ4v) is 15.1. The molecule has 0 atom stereocenters. The van der Waals surface area contributed by atoms with Crippen LogP contribution in [0.1, 0.15) is 59.3 Å². The van der Waals surface area contributed by atoms with Gasteiger partial charge in [0.25, 0.3) is 0 Å². The highest BCUT2D eigenvalue weighted by atomic mass is 33.5. The molecule has 0 aromatic heterocycles. The third-order valence-corrected chi connectivity index (χ3v) is 17.6. The SMILES string of the molecule is CCCCSP(=S)(SCCCC)SCCCC. The molecule has 0 amide bonds. The van der Waals surface area contributed by atoms with E-state index in [-0.39, 0.29) is 0 Å². The minimum absolute atomic E-state index is 1.23. The minimum atomic E-state index is -1.23. The topological polar surface area (TPSA) is 0 Å². The zero-order chi connectivity index (χ0) is 13.0. The van der Waals surface area contributed by atoms with Crippen LogP contribution in [0.15, 0.2) is 0 Å². The van der Waals surface area contributed by atoms with E-state index in [1.165, 1.54) is 55.8 Å². The minimum Gasteiger partial charge on any atom is -0.104 e. The highest BCUT2D eigenvalue weighted by Gasteiger charge is 2.18. The van der Waals surface area contributed by atoms with Crippen LogP contribution in [0.2, 0.25) is 0 Å². The molecule has 0 fully saturated rings. The van der Waals surface area contributed by atoms with Gasteiger partial charge in [0.1, 0.15) is 3.64 Å². The van der Waals surface area contributed by atoms with Crippen LogP contribution in [0.4, 0.5) is 0 Å². The van der Waals surface area contributed by atoms with Crippen molar-refractivity contribution >= 4 is 49.6 Å². The standard InChI is InChI=1S/C12H27PS4/c1-4-7-10-15-13(14,16-11-8-5-2)17-12-9-6-3/h4-12H2,1-3H3. The molecule has 0 spiro atoms. The molecular weight excluding hydrogens is 303 g/mol. The average Bonchev–Trinajstić information content (AvgIpc) is 2.30. The third kappa shape index (κ3) is 11.2. The molecule has 0 aromatic carbocycles. The molecule has 0 aromatic rings.